The van der Waals surface area contributed by atoms with Gasteiger partial charge in [-0.2, -0.15) is 0 Å². The van der Waals surface area contributed by atoms with E-state index in [0.717, 1.165) is 45.1 Å². The van der Waals surface area contributed by atoms with Crippen LogP contribution in [-0.2, 0) is 14.8 Å². The maximum atomic E-state index is 14.4. The van der Waals surface area contributed by atoms with E-state index >= 15 is 0 Å². The number of halogens is 1. The molecule has 0 unspecified atom stereocenters. The van der Waals surface area contributed by atoms with Crippen LogP contribution in [0.25, 0.3) is 0 Å². The lowest BCUT2D eigenvalue weighted by Crippen LogP contribution is -2.55. The summed E-state index contributed by atoms with van der Waals surface area (Å²) in [7, 11) is -3.24. The van der Waals surface area contributed by atoms with Crippen LogP contribution < -0.4 is 14.8 Å². The van der Waals surface area contributed by atoms with Crippen LogP contribution >= 0.6 is 0 Å². The summed E-state index contributed by atoms with van der Waals surface area (Å²) in [6, 6.07) is 4.88. The van der Waals surface area contributed by atoms with Crippen LogP contribution in [0, 0.1) is 5.82 Å². The first-order chi connectivity index (χ1) is 13.9. The molecule has 1 aliphatic heterocycles. The van der Waals surface area contributed by atoms with E-state index in [-0.39, 0.29) is 29.9 Å². The third kappa shape index (κ3) is 6.38. The van der Waals surface area contributed by atoms with Crippen molar-refractivity contribution in [3.8, 4) is 5.75 Å². The quantitative estimate of drug-likeness (QED) is 0.666. The summed E-state index contributed by atoms with van der Waals surface area (Å²) in [5.74, 6) is 0.601. The average molecular weight is 429 g/mol. The third-order valence-electron chi connectivity index (χ3n) is 5.86. The average Bonchev–Trinajstić information content (AvgIpc) is 2.67. The number of ether oxygens (including phenoxy) is 2. The van der Waals surface area contributed by atoms with Gasteiger partial charge in [0.25, 0.3) is 0 Å². The molecule has 3 rings (SSSR count). The van der Waals surface area contributed by atoms with Crippen molar-refractivity contribution in [1.29, 1.82) is 0 Å². The maximum absolute atomic E-state index is 14.4. The van der Waals surface area contributed by atoms with Crippen LogP contribution in [0.4, 0.5) is 4.39 Å². The van der Waals surface area contributed by atoms with Gasteiger partial charge < -0.3 is 14.8 Å². The number of hydrogen-bond acceptors (Lipinski definition) is 5. The van der Waals surface area contributed by atoms with E-state index in [0.29, 0.717) is 24.5 Å². The van der Waals surface area contributed by atoms with Crippen LogP contribution in [0.15, 0.2) is 18.2 Å². The van der Waals surface area contributed by atoms with Crippen LogP contribution in [0.2, 0.25) is 0 Å². The summed E-state index contributed by atoms with van der Waals surface area (Å²) in [6.45, 7) is 3.78. The molecular formula is C21H33FN2O4S. The normalized spacial score (nSPS) is 28.2. The van der Waals surface area contributed by atoms with Gasteiger partial charge in [-0.05, 0) is 70.0 Å². The van der Waals surface area contributed by atoms with Gasteiger partial charge in [-0.3, -0.25) is 0 Å². The monoisotopic (exact) mass is 428 g/mol. The van der Waals surface area contributed by atoms with Crippen molar-refractivity contribution >= 4 is 10.0 Å². The Kier molecular flexibility index (Phi) is 7.90. The lowest BCUT2D eigenvalue weighted by atomic mass is 9.82. The smallest absolute Gasteiger partial charge is 0.209 e. The number of piperidine rings is 1. The Morgan fingerprint density at radius 3 is 2.66 bits per heavy atom. The summed E-state index contributed by atoms with van der Waals surface area (Å²) in [6.07, 6.45) is 6.51. The van der Waals surface area contributed by atoms with Crippen LogP contribution in [-0.4, -0.2) is 52.6 Å². The standard InChI is InChI=1S/C21H33FN2O4S/c1-3-27-20-8-4-6-17(22)21(20)15-9-11-16(12-10-15)28-14-19-18(7-5-13-23-19)24-29(2,25)26/h4,6,8,15-16,18-19,23-24H,3,5,7,9-14H2,1-2H3/t15-,16+,18-,19-/m0/s1. The fraction of sp³-hybridized carbons (Fsp3) is 0.714. The molecule has 29 heavy (non-hydrogen) atoms. The van der Waals surface area contributed by atoms with Gasteiger partial charge in [-0.25, -0.2) is 17.5 Å². The van der Waals surface area contributed by atoms with E-state index in [1.165, 1.54) is 12.3 Å². The molecule has 6 nitrogen and oxygen atoms in total. The van der Waals surface area contributed by atoms with E-state index in [9.17, 15) is 12.8 Å². The molecule has 1 aliphatic carbocycles. The summed E-state index contributed by atoms with van der Waals surface area (Å²) in [5, 5.41) is 3.38. The molecule has 2 fully saturated rings. The molecule has 1 aromatic carbocycles. The van der Waals surface area contributed by atoms with E-state index in [4.69, 9.17) is 9.47 Å². The Labute approximate surface area is 173 Å². The van der Waals surface area contributed by atoms with Crippen molar-refractivity contribution < 1.29 is 22.3 Å². The second kappa shape index (κ2) is 10.2. The van der Waals surface area contributed by atoms with E-state index < -0.39 is 10.0 Å². The minimum atomic E-state index is -3.24. The largest absolute Gasteiger partial charge is 0.493 e. The first-order valence-corrected chi connectivity index (χ1v) is 12.5. The Balaban J connectivity index is 1.52. The minimum absolute atomic E-state index is 0.0210. The molecule has 8 heteroatoms. The Hall–Kier alpha value is -1.22. The zero-order valence-electron chi connectivity index (χ0n) is 17.3. The number of rotatable bonds is 8. The van der Waals surface area contributed by atoms with Gasteiger partial charge in [0.2, 0.25) is 10.0 Å². The molecule has 1 saturated carbocycles. The van der Waals surface area contributed by atoms with Gasteiger partial charge in [0.15, 0.2) is 0 Å². The molecule has 0 radical (unpaired) electrons. The highest BCUT2D eigenvalue weighted by Gasteiger charge is 2.30. The number of hydrogen-bond donors (Lipinski definition) is 2. The maximum Gasteiger partial charge on any atom is 0.209 e. The predicted octanol–water partition coefficient (Wildman–Crippen LogP) is 2.94. The summed E-state index contributed by atoms with van der Waals surface area (Å²) < 4.78 is 52.2. The van der Waals surface area contributed by atoms with Crippen LogP contribution in [0.1, 0.15) is 56.9 Å². The molecule has 0 amide bonds. The number of benzene rings is 1. The lowest BCUT2D eigenvalue weighted by Gasteiger charge is -2.35. The van der Waals surface area contributed by atoms with E-state index in [2.05, 4.69) is 10.0 Å². The molecule has 0 aromatic heterocycles. The van der Waals surface area contributed by atoms with Crippen molar-refractivity contribution in [3.63, 3.8) is 0 Å². The fourth-order valence-corrected chi connectivity index (χ4v) is 5.33. The fourth-order valence-electron chi connectivity index (χ4n) is 4.50. The molecule has 1 heterocycles. The molecule has 2 N–H and O–H groups in total. The summed E-state index contributed by atoms with van der Waals surface area (Å²) >= 11 is 0. The highest BCUT2D eigenvalue weighted by molar-refractivity contribution is 7.88. The van der Waals surface area contributed by atoms with E-state index in [1.807, 2.05) is 13.0 Å². The Morgan fingerprint density at radius 2 is 1.97 bits per heavy atom. The minimum Gasteiger partial charge on any atom is -0.493 e. The highest BCUT2D eigenvalue weighted by Crippen LogP contribution is 2.39. The van der Waals surface area contributed by atoms with Crippen molar-refractivity contribution in [2.45, 2.75) is 69.6 Å². The zero-order valence-corrected chi connectivity index (χ0v) is 18.1. The number of nitrogens with one attached hydrogen (secondary N) is 2. The van der Waals surface area contributed by atoms with Gasteiger partial charge in [-0.1, -0.05) is 6.07 Å². The predicted molar refractivity (Wildman–Crippen MR) is 111 cm³/mol. The highest BCUT2D eigenvalue weighted by atomic mass is 32.2. The molecular weight excluding hydrogens is 395 g/mol. The Morgan fingerprint density at radius 1 is 1.21 bits per heavy atom. The number of sulfonamides is 1. The lowest BCUT2D eigenvalue weighted by molar-refractivity contribution is 0.00493. The molecule has 0 spiro atoms. The SMILES string of the molecule is CCOc1cccc(F)c1[C@H]1CC[C@@H](OC[C@@H]2NCCC[C@@H]2NS(C)(=O)=O)CC1. The van der Waals surface area contributed by atoms with Gasteiger partial charge in [0, 0.05) is 17.6 Å². The second-order valence-electron chi connectivity index (χ2n) is 8.09. The first kappa shape index (κ1) is 22.5. The van der Waals surface area contributed by atoms with Crippen LogP contribution in [0.5, 0.6) is 5.75 Å². The zero-order chi connectivity index (χ0) is 20.9. The van der Waals surface area contributed by atoms with Crippen LogP contribution in [0.3, 0.4) is 0 Å². The molecule has 164 valence electrons. The summed E-state index contributed by atoms with van der Waals surface area (Å²) in [4.78, 5) is 0. The van der Waals surface area contributed by atoms with Gasteiger partial charge in [-0.15, -0.1) is 0 Å². The van der Waals surface area contributed by atoms with E-state index in [1.54, 1.807) is 6.07 Å². The van der Waals surface area contributed by atoms with Crippen molar-refractivity contribution in [1.82, 2.24) is 10.0 Å². The van der Waals surface area contributed by atoms with Crippen molar-refractivity contribution in [2.24, 2.45) is 0 Å². The second-order valence-corrected chi connectivity index (χ2v) is 9.87. The molecule has 2 atom stereocenters. The third-order valence-corrected chi connectivity index (χ3v) is 6.59. The summed E-state index contributed by atoms with van der Waals surface area (Å²) in [5.41, 5.74) is 0.694. The first-order valence-electron chi connectivity index (χ1n) is 10.6. The molecule has 0 bridgehead atoms. The van der Waals surface area contributed by atoms with Crippen molar-refractivity contribution in [2.75, 3.05) is 26.0 Å². The molecule has 1 saturated heterocycles. The Bertz CT molecular complexity index is 766. The van der Waals surface area contributed by atoms with Crippen molar-refractivity contribution in [3.05, 3.63) is 29.6 Å². The topological polar surface area (TPSA) is 76.7 Å². The van der Waals surface area contributed by atoms with Gasteiger partial charge in [0.05, 0.1) is 25.6 Å². The molecule has 2 aliphatic rings. The van der Waals surface area contributed by atoms with Gasteiger partial charge >= 0.3 is 0 Å². The molecule has 1 aromatic rings. The van der Waals surface area contributed by atoms with Gasteiger partial charge in [0.1, 0.15) is 11.6 Å².